The van der Waals surface area contributed by atoms with E-state index in [9.17, 15) is 39.5 Å². The Bertz CT molecular complexity index is 420. The second-order valence-electron chi connectivity index (χ2n) is 6.85. The summed E-state index contributed by atoms with van der Waals surface area (Å²) in [6.07, 6.45) is -6.11. The van der Waals surface area contributed by atoms with Crippen LogP contribution >= 0.6 is 22.6 Å². The van der Waals surface area contributed by atoms with Gasteiger partial charge in [0.05, 0.1) is 0 Å². The van der Waals surface area contributed by atoms with E-state index >= 15 is 0 Å². The topological polar surface area (TPSA) is 0 Å². The minimum absolute atomic E-state index is 0.0631. The van der Waals surface area contributed by atoms with Crippen molar-refractivity contribution >= 4 is 22.6 Å². The van der Waals surface area contributed by atoms with Crippen LogP contribution in [0.5, 0.6) is 0 Å². The van der Waals surface area contributed by atoms with Gasteiger partial charge in [0.15, 0.2) is 0 Å². The van der Waals surface area contributed by atoms with Crippen molar-refractivity contribution in [2.75, 3.05) is 0 Å². The molecule has 10 heteroatoms. The van der Waals surface area contributed by atoms with Gasteiger partial charge in [-0.2, -0.15) is 35.1 Å². The summed E-state index contributed by atoms with van der Waals surface area (Å²) in [5.74, 6) is -9.08. The van der Waals surface area contributed by atoms with Crippen molar-refractivity contribution in [1.29, 1.82) is 0 Å². The fourth-order valence-corrected chi connectivity index (χ4v) is 3.84. The number of alkyl halides is 10. The molecule has 0 amide bonds. The van der Waals surface area contributed by atoms with Crippen molar-refractivity contribution in [3.05, 3.63) is 0 Å². The van der Waals surface area contributed by atoms with Crippen LogP contribution in [0.2, 0.25) is 0 Å². The Kier molecular flexibility index (Phi) is 10.8. The van der Waals surface area contributed by atoms with Crippen molar-refractivity contribution in [2.24, 2.45) is 5.92 Å². The Balaban J connectivity index is 4.89. The first-order valence-electron chi connectivity index (χ1n) is 8.98. The van der Waals surface area contributed by atoms with Crippen LogP contribution in [-0.4, -0.2) is 27.9 Å². The number of hydrogen-bond acceptors (Lipinski definition) is 0. The summed E-state index contributed by atoms with van der Waals surface area (Å²) in [6.45, 7) is 2.53. The monoisotopic (exact) mass is 528 g/mol. The van der Waals surface area contributed by atoms with E-state index in [2.05, 4.69) is 6.92 Å². The Morgan fingerprint density at radius 3 is 1.44 bits per heavy atom. The molecule has 3 atom stereocenters. The first kappa shape index (κ1) is 27.1. The van der Waals surface area contributed by atoms with Crippen LogP contribution in [0, 0.1) is 5.92 Å². The maximum atomic E-state index is 14.4. The molecular weight excluding hydrogens is 502 g/mol. The number of hydrogen-bond donors (Lipinski definition) is 0. The summed E-state index contributed by atoms with van der Waals surface area (Å²) in [4.78, 5) is 0. The third kappa shape index (κ3) is 6.83. The molecule has 0 fully saturated rings. The number of halogens is 10. The van der Waals surface area contributed by atoms with Gasteiger partial charge in [-0.15, -0.1) is 0 Å². The average molecular weight is 528 g/mol. The first-order chi connectivity index (χ1) is 12.1. The SMILES string of the molecule is CCCCCCCCCCC(I)C(C)C(F)(C(F)(F)F)C(F)(F)C(F)(F)F. The van der Waals surface area contributed by atoms with E-state index in [1.54, 1.807) is 0 Å². The van der Waals surface area contributed by atoms with Gasteiger partial charge in [0.1, 0.15) is 0 Å². The Labute approximate surface area is 167 Å². The molecule has 0 bridgehead atoms. The largest absolute Gasteiger partial charge is 0.457 e. The third-order valence-corrected chi connectivity index (χ3v) is 6.43. The van der Waals surface area contributed by atoms with Crippen LogP contribution in [0.4, 0.5) is 39.5 Å². The van der Waals surface area contributed by atoms with Gasteiger partial charge in [0.2, 0.25) is 0 Å². The predicted octanol–water partition coefficient (Wildman–Crippen LogP) is 8.43. The normalized spacial score (nSPS) is 18.2. The van der Waals surface area contributed by atoms with Crippen molar-refractivity contribution in [1.82, 2.24) is 0 Å². The summed E-state index contributed by atoms with van der Waals surface area (Å²) < 4.78 is 116. The number of rotatable bonds is 12. The van der Waals surface area contributed by atoms with Gasteiger partial charge in [-0.1, -0.05) is 87.8 Å². The summed E-state index contributed by atoms with van der Waals surface area (Å²) in [6, 6.07) is 0. The van der Waals surface area contributed by atoms with Crippen LogP contribution in [0.3, 0.4) is 0 Å². The van der Waals surface area contributed by atoms with E-state index in [4.69, 9.17) is 0 Å². The van der Waals surface area contributed by atoms with Crippen LogP contribution in [0.1, 0.15) is 71.6 Å². The molecular formula is C17H26F9I. The maximum absolute atomic E-state index is 14.4. The summed E-state index contributed by atoms with van der Waals surface area (Å²) in [5, 5.41) is 0. The smallest absolute Gasteiger partial charge is 0.226 e. The molecule has 0 aliphatic carbocycles. The van der Waals surface area contributed by atoms with Gasteiger partial charge in [0, 0.05) is 9.84 Å². The quantitative estimate of drug-likeness (QED) is 0.103. The fraction of sp³-hybridized carbons (Fsp3) is 1.00. The summed E-state index contributed by atoms with van der Waals surface area (Å²) >= 11 is 1.34. The minimum Gasteiger partial charge on any atom is -0.226 e. The molecule has 0 heterocycles. The van der Waals surface area contributed by atoms with Gasteiger partial charge in [-0.25, -0.2) is 4.39 Å². The highest BCUT2D eigenvalue weighted by Gasteiger charge is 2.82. The molecule has 27 heavy (non-hydrogen) atoms. The Morgan fingerprint density at radius 1 is 0.667 bits per heavy atom. The summed E-state index contributed by atoms with van der Waals surface area (Å²) in [7, 11) is 0. The molecule has 0 saturated carbocycles. The zero-order chi connectivity index (χ0) is 21.5. The van der Waals surface area contributed by atoms with E-state index in [1.807, 2.05) is 0 Å². The zero-order valence-electron chi connectivity index (χ0n) is 15.3. The lowest BCUT2D eigenvalue weighted by molar-refractivity contribution is -0.393. The second kappa shape index (κ2) is 10.8. The van der Waals surface area contributed by atoms with Gasteiger partial charge in [-0.05, 0) is 6.42 Å². The molecule has 0 rings (SSSR count). The van der Waals surface area contributed by atoms with Crippen LogP contribution < -0.4 is 0 Å². The molecule has 0 aliphatic heterocycles. The maximum Gasteiger partial charge on any atom is 0.457 e. The highest BCUT2D eigenvalue weighted by molar-refractivity contribution is 14.1. The zero-order valence-corrected chi connectivity index (χ0v) is 17.5. The standard InChI is InChI=1S/C17H26F9I/c1-3-4-5-6-7-8-9-10-11-13(27)12(2)14(18,16(21,22)23)15(19,20)17(24,25)26/h12-13H,3-11H2,1-2H3. The molecule has 0 aliphatic rings. The molecule has 0 saturated heterocycles. The molecule has 3 unspecified atom stereocenters. The van der Waals surface area contributed by atoms with Crippen LogP contribution in [-0.2, 0) is 0 Å². The van der Waals surface area contributed by atoms with Crippen molar-refractivity contribution in [3.8, 4) is 0 Å². The van der Waals surface area contributed by atoms with E-state index in [1.165, 1.54) is 22.6 Å². The molecule has 0 N–H and O–H groups in total. The fourth-order valence-electron chi connectivity index (χ4n) is 2.90. The van der Waals surface area contributed by atoms with E-state index in [0.717, 1.165) is 38.5 Å². The van der Waals surface area contributed by atoms with Crippen LogP contribution in [0.25, 0.3) is 0 Å². The average Bonchev–Trinajstić information content (AvgIpc) is 2.53. The second-order valence-corrected chi connectivity index (χ2v) is 8.45. The molecule has 0 aromatic rings. The lowest BCUT2D eigenvalue weighted by Crippen LogP contribution is -2.66. The van der Waals surface area contributed by atoms with Gasteiger partial charge in [0.25, 0.3) is 5.67 Å². The van der Waals surface area contributed by atoms with Crippen molar-refractivity contribution in [3.63, 3.8) is 0 Å². The van der Waals surface area contributed by atoms with Gasteiger partial charge < -0.3 is 0 Å². The number of unbranched alkanes of at least 4 members (excludes halogenated alkanes) is 7. The van der Waals surface area contributed by atoms with Crippen molar-refractivity contribution in [2.45, 2.75) is 99.5 Å². The van der Waals surface area contributed by atoms with E-state index in [0.29, 0.717) is 19.8 Å². The molecule has 0 nitrogen and oxygen atoms in total. The van der Waals surface area contributed by atoms with E-state index < -0.39 is 33.8 Å². The summed E-state index contributed by atoms with van der Waals surface area (Å²) in [5.41, 5.74) is -5.68. The van der Waals surface area contributed by atoms with Crippen LogP contribution in [0.15, 0.2) is 0 Å². The molecule has 0 spiro atoms. The highest BCUT2D eigenvalue weighted by atomic mass is 127. The molecule has 0 aromatic heterocycles. The Hall–Kier alpha value is 0.1000. The lowest BCUT2D eigenvalue weighted by Gasteiger charge is -2.41. The van der Waals surface area contributed by atoms with Gasteiger partial charge >= 0.3 is 18.3 Å². The first-order valence-corrected chi connectivity index (χ1v) is 10.2. The van der Waals surface area contributed by atoms with Crippen molar-refractivity contribution < 1.29 is 39.5 Å². The predicted molar refractivity (Wildman–Crippen MR) is 95.1 cm³/mol. The molecule has 0 radical (unpaired) electrons. The lowest BCUT2D eigenvalue weighted by atomic mass is 9.80. The third-order valence-electron chi connectivity index (χ3n) is 4.73. The molecule has 0 aromatic carbocycles. The van der Waals surface area contributed by atoms with E-state index in [-0.39, 0.29) is 6.42 Å². The minimum atomic E-state index is -6.64. The Morgan fingerprint density at radius 2 is 1.07 bits per heavy atom. The molecule has 164 valence electrons. The van der Waals surface area contributed by atoms with Gasteiger partial charge in [-0.3, -0.25) is 0 Å². The highest BCUT2D eigenvalue weighted by Crippen LogP contribution is 2.57.